The molecular weight excluding hydrogens is 363 g/mol. The van der Waals surface area contributed by atoms with Gasteiger partial charge >= 0.3 is 6.18 Å². The van der Waals surface area contributed by atoms with Crippen molar-refractivity contribution in [2.75, 3.05) is 10.6 Å². The molecule has 0 aromatic carbocycles. The van der Waals surface area contributed by atoms with Crippen LogP contribution in [-0.4, -0.2) is 26.8 Å². The highest BCUT2D eigenvalue weighted by molar-refractivity contribution is 6.07. The maximum Gasteiger partial charge on any atom is 0.410 e. The zero-order valence-corrected chi connectivity index (χ0v) is 13.8. The van der Waals surface area contributed by atoms with Crippen LogP contribution in [0.25, 0.3) is 0 Å². The van der Waals surface area contributed by atoms with E-state index in [0.717, 1.165) is 10.9 Å². The Morgan fingerprint density at radius 3 is 2.81 bits per heavy atom. The lowest BCUT2D eigenvalue weighted by atomic mass is 10.0. The molecule has 0 spiro atoms. The van der Waals surface area contributed by atoms with Crippen molar-refractivity contribution in [3.63, 3.8) is 0 Å². The number of fused-ring (bicyclic) bond motifs is 1. The molecule has 1 aliphatic rings. The summed E-state index contributed by atoms with van der Waals surface area (Å²) in [6.45, 7) is 0. The summed E-state index contributed by atoms with van der Waals surface area (Å²) in [6, 6.07) is 3.84. The van der Waals surface area contributed by atoms with Crippen molar-refractivity contribution in [2.45, 2.75) is 24.7 Å². The third-order valence-corrected chi connectivity index (χ3v) is 4.29. The average molecular weight is 377 g/mol. The van der Waals surface area contributed by atoms with Gasteiger partial charge in [0.2, 0.25) is 0 Å². The second kappa shape index (κ2) is 6.45. The molecule has 10 heteroatoms. The summed E-state index contributed by atoms with van der Waals surface area (Å²) in [5, 5.41) is 9.36. The Labute approximate surface area is 151 Å². The second-order valence-electron chi connectivity index (χ2n) is 6.05. The fourth-order valence-corrected chi connectivity index (χ4v) is 3.04. The maximum absolute atomic E-state index is 13.6. The van der Waals surface area contributed by atoms with Crippen molar-refractivity contribution in [3.8, 4) is 0 Å². The molecule has 3 aromatic heterocycles. The van der Waals surface area contributed by atoms with E-state index in [1.54, 1.807) is 30.5 Å². The van der Waals surface area contributed by atoms with Crippen LogP contribution in [0.3, 0.4) is 0 Å². The Hall–Kier alpha value is -3.30. The number of hydrogen-bond donors (Lipinski definition) is 2. The minimum Gasteiger partial charge on any atom is -0.467 e. The van der Waals surface area contributed by atoms with Gasteiger partial charge in [0.05, 0.1) is 30.4 Å². The zero-order chi connectivity index (χ0) is 19.0. The van der Waals surface area contributed by atoms with Crippen LogP contribution >= 0.6 is 0 Å². The van der Waals surface area contributed by atoms with Gasteiger partial charge in [-0.25, -0.2) is 4.68 Å². The highest BCUT2D eigenvalue weighted by Gasteiger charge is 2.47. The van der Waals surface area contributed by atoms with Crippen LogP contribution in [0, 0.1) is 0 Å². The molecule has 0 radical (unpaired) electrons. The SMILES string of the molecule is O=C(Nc1cccnc1)c1cnn2c1N[C@H](c1ccco1)C[C@H]2C(F)(F)F. The van der Waals surface area contributed by atoms with Crippen LogP contribution in [-0.2, 0) is 0 Å². The Kier molecular flexibility index (Phi) is 4.09. The molecule has 7 nitrogen and oxygen atoms in total. The Balaban J connectivity index is 1.69. The smallest absolute Gasteiger partial charge is 0.410 e. The van der Waals surface area contributed by atoms with E-state index in [-0.39, 0.29) is 17.8 Å². The van der Waals surface area contributed by atoms with Crippen molar-refractivity contribution in [2.24, 2.45) is 0 Å². The Morgan fingerprint density at radius 1 is 1.30 bits per heavy atom. The first-order valence-electron chi connectivity index (χ1n) is 8.09. The predicted octanol–water partition coefficient (Wildman–Crippen LogP) is 3.78. The topological polar surface area (TPSA) is 85.0 Å². The van der Waals surface area contributed by atoms with Gasteiger partial charge in [-0.1, -0.05) is 0 Å². The molecule has 0 aliphatic carbocycles. The zero-order valence-electron chi connectivity index (χ0n) is 13.8. The first-order valence-corrected chi connectivity index (χ1v) is 8.09. The number of hydrogen-bond acceptors (Lipinski definition) is 5. The summed E-state index contributed by atoms with van der Waals surface area (Å²) < 4.78 is 46.7. The van der Waals surface area contributed by atoms with Gasteiger partial charge in [-0.05, 0) is 24.3 Å². The van der Waals surface area contributed by atoms with Crippen molar-refractivity contribution < 1.29 is 22.4 Å². The molecule has 2 atom stereocenters. The maximum atomic E-state index is 13.6. The number of pyridine rings is 1. The molecule has 0 bridgehead atoms. The summed E-state index contributed by atoms with van der Waals surface area (Å²) in [5.74, 6) is -0.237. The van der Waals surface area contributed by atoms with Gasteiger partial charge < -0.3 is 15.1 Å². The molecule has 4 heterocycles. The van der Waals surface area contributed by atoms with Crippen molar-refractivity contribution in [1.29, 1.82) is 0 Å². The van der Waals surface area contributed by atoms with E-state index < -0.39 is 24.2 Å². The molecule has 1 amide bonds. The highest BCUT2D eigenvalue weighted by Crippen LogP contribution is 2.44. The Morgan fingerprint density at radius 2 is 2.15 bits per heavy atom. The van der Waals surface area contributed by atoms with E-state index in [4.69, 9.17) is 4.42 Å². The van der Waals surface area contributed by atoms with E-state index >= 15 is 0 Å². The number of anilines is 2. The third-order valence-electron chi connectivity index (χ3n) is 4.29. The van der Waals surface area contributed by atoms with Crippen LogP contribution in [0.5, 0.6) is 0 Å². The van der Waals surface area contributed by atoms with Crippen LogP contribution in [0.4, 0.5) is 24.7 Å². The monoisotopic (exact) mass is 377 g/mol. The summed E-state index contributed by atoms with van der Waals surface area (Å²) in [6.07, 6.45) is 0.672. The molecule has 3 aromatic rings. The van der Waals surface area contributed by atoms with E-state index in [2.05, 4.69) is 20.7 Å². The minimum atomic E-state index is -4.52. The van der Waals surface area contributed by atoms with Gasteiger partial charge in [0.15, 0.2) is 6.04 Å². The number of furan rings is 1. The van der Waals surface area contributed by atoms with E-state index in [0.29, 0.717) is 11.4 Å². The summed E-state index contributed by atoms with van der Waals surface area (Å²) in [4.78, 5) is 16.4. The lowest BCUT2D eigenvalue weighted by molar-refractivity contribution is -0.174. The molecule has 140 valence electrons. The van der Waals surface area contributed by atoms with Crippen LogP contribution in [0.1, 0.15) is 34.6 Å². The van der Waals surface area contributed by atoms with Crippen molar-refractivity contribution in [1.82, 2.24) is 14.8 Å². The lowest BCUT2D eigenvalue weighted by Crippen LogP contribution is -2.36. The van der Waals surface area contributed by atoms with E-state index in [9.17, 15) is 18.0 Å². The van der Waals surface area contributed by atoms with Gasteiger partial charge in [0.1, 0.15) is 17.1 Å². The van der Waals surface area contributed by atoms with Gasteiger partial charge in [-0.15, -0.1) is 0 Å². The molecule has 0 fully saturated rings. The molecule has 2 N–H and O–H groups in total. The largest absolute Gasteiger partial charge is 0.467 e. The number of carbonyl (C=O) groups is 1. The van der Waals surface area contributed by atoms with Gasteiger partial charge in [0, 0.05) is 12.6 Å². The summed E-state index contributed by atoms with van der Waals surface area (Å²) >= 11 is 0. The number of amides is 1. The summed E-state index contributed by atoms with van der Waals surface area (Å²) in [7, 11) is 0. The van der Waals surface area contributed by atoms with Gasteiger partial charge in [-0.3, -0.25) is 9.78 Å². The number of alkyl halides is 3. The fourth-order valence-electron chi connectivity index (χ4n) is 3.04. The molecular formula is C17H14F3N5O2. The van der Waals surface area contributed by atoms with E-state index in [1.807, 2.05) is 0 Å². The van der Waals surface area contributed by atoms with Crippen molar-refractivity contribution in [3.05, 3.63) is 60.4 Å². The van der Waals surface area contributed by atoms with Crippen LogP contribution < -0.4 is 10.6 Å². The number of nitrogens with one attached hydrogen (secondary N) is 2. The number of nitrogens with zero attached hydrogens (tertiary/aromatic N) is 3. The predicted molar refractivity (Wildman–Crippen MR) is 89.2 cm³/mol. The summed E-state index contributed by atoms with van der Waals surface area (Å²) in [5.41, 5.74) is 0.428. The molecule has 1 aliphatic heterocycles. The first-order chi connectivity index (χ1) is 12.9. The molecule has 27 heavy (non-hydrogen) atoms. The molecule has 0 saturated carbocycles. The lowest BCUT2D eigenvalue weighted by Gasteiger charge is -2.32. The third kappa shape index (κ3) is 3.25. The number of aromatic nitrogens is 3. The van der Waals surface area contributed by atoms with Gasteiger partial charge in [-0.2, -0.15) is 18.3 Å². The number of halogens is 3. The second-order valence-corrected chi connectivity index (χ2v) is 6.05. The van der Waals surface area contributed by atoms with Gasteiger partial charge in [0.25, 0.3) is 5.91 Å². The molecule has 4 rings (SSSR count). The van der Waals surface area contributed by atoms with Crippen LogP contribution in [0.2, 0.25) is 0 Å². The molecule has 0 saturated heterocycles. The molecule has 0 unspecified atom stereocenters. The quantitative estimate of drug-likeness (QED) is 0.726. The minimum absolute atomic E-state index is 0.00404. The Bertz CT molecular complexity index is 937. The van der Waals surface area contributed by atoms with Crippen molar-refractivity contribution >= 4 is 17.4 Å². The number of rotatable bonds is 3. The number of carbonyl (C=O) groups excluding carboxylic acids is 1. The standard InChI is InChI=1S/C17H14F3N5O2/c18-17(19,20)14-7-12(13-4-2-6-27-13)24-15-11(9-22-25(14)15)16(26)23-10-3-1-5-21-8-10/h1-6,8-9,12,14,24H,7H2,(H,23,26)/t12-,14-/m0/s1. The van der Waals surface area contributed by atoms with Crippen LogP contribution in [0.15, 0.2) is 53.5 Å². The fraction of sp³-hybridized carbons (Fsp3) is 0.235. The average Bonchev–Trinajstić information content (AvgIpc) is 3.30. The van der Waals surface area contributed by atoms with E-state index in [1.165, 1.54) is 12.5 Å². The normalized spacial score (nSPS) is 19.2. The first kappa shape index (κ1) is 17.1. The highest BCUT2D eigenvalue weighted by atomic mass is 19.4.